The first-order valence-corrected chi connectivity index (χ1v) is 13.6. The van der Waals surface area contributed by atoms with E-state index < -0.39 is 28.8 Å². The summed E-state index contributed by atoms with van der Waals surface area (Å²) in [5.41, 5.74) is 1.54. The molecule has 41 heavy (non-hydrogen) atoms. The molecule has 1 aliphatic heterocycles. The molecule has 11 heteroatoms. The van der Waals surface area contributed by atoms with Crippen molar-refractivity contribution in [3.05, 3.63) is 59.4 Å². The second-order valence-corrected chi connectivity index (χ2v) is 11.9. The Balaban J connectivity index is 1.62. The van der Waals surface area contributed by atoms with Crippen molar-refractivity contribution in [2.24, 2.45) is 0 Å². The summed E-state index contributed by atoms with van der Waals surface area (Å²) >= 11 is 0. The first-order valence-electron chi connectivity index (χ1n) is 13.6. The van der Waals surface area contributed by atoms with Gasteiger partial charge in [0, 0.05) is 43.3 Å². The molecule has 3 aromatic rings. The molecule has 0 radical (unpaired) electrons. The third-order valence-electron chi connectivity index (χ3n) is 7.40. The lowest BCUT2D eigenvalue weighted by molar-refractivity contribution is -0.144. The Morgan fingerprint density at radius 3 is 2.44 bits per heavy atom. The Bertz CT molecular complexity index is 1490. The molecule has 0 unspecified atom stereocenters. The SMILES string of the molecule is CCc1ccc(-c2cc(NC(=O)Nc3cn(C(C)(C)C)nc3C(=O)N3CCN(C)C(=O)C3(C)C)cc(F)c2C)cn1. The summed E-state index contributed by atoms with van der Waals surface area (Å²) in [6, 6.07) is 6.02. The molecular formula is C30H38FN7O3. The van der Waals surface area contributed by atoms with Crippen LogP contribution >= 0.6 is 0 Å². The van der Waals surface area contributed by atoms with Crippen LogP contribution in [0.25, 0.3) is 11.1 Å². The lowest BCUT2D eigenvalue weighted by atomic mass is 9.97. The number of aromatic nitrogens is 3. The monoisotopic (exact) mass is 563 g/mol. The van der Waals surface area contributed by atoms with E-state index in [4.69, 9.17) is 0 Å². The summed E-state index contributed by atoms with van der Waals surface area (Å²) < 4.78 is 16.5. The molecule has 1 aromatic carbocycles. The molecule has 2 N–H and O–H groups in total. The molecule has 10 nitrogen and oxygen atoms in total. The van der Waals surface area contributed by atoms with Crippen molar-refractivity contribution in [1.29, 1.82) is 0 Å². The van der Waals surface area contributed by atoms with Crippen molar-refractivity contribution in [3.8, 4) is 11.1 Å². The molecule has 218 valence electrons. The topological polar surface area (TPSA) is 112 Å². The molecule has 0 saturated carbocycles. The van der Waals surface area contributed by atoms with Gasteiger partial charge in [-0.3, -0.25) is 19.3 Å². The summed E-state index contributed by atoms with van der Waals surface area (Å²) in [5, 5.41) is 9.91. The molecule has 2 aromatic heterocycles. The maximum absolute atomic E-state index is 14.9. The van der Waals surface area contributed by atoms with E-state index in [9.17, 15) is 18.8 Å². The molecule has 4 rings (SSSR count). The van der Waals surface area contributed by atoms with Crippen molar-refractivity contribution >= 4 is 29.2 Å². The summed E-state index contributed by atoms with van der Waals surface area (Å²) in [5.74, 6) is -1.13. The first-order chi connectivity index (χ1) is 19.1. The van der Waals surface area contributed by atoms with Gasteiger partial charge in [-0.1, -0.05) is 13.0 Å². The van der Waals surface area contributed by atoms with E-state index >= 15 is 0 Å². The Hall–Kier alpha value is -4.28. The number of carbonyl (C=O) groups excluding carboxylic acids is 3. The molecule has 0 atom stereocenters. The summed E-state index contributed by atoms with van der Waals surface area (Å²) in [6.45, 7) is 13.5. The van der Waals surface area contributed by atoms with Crippen LogP contribution in [0.5, 0.6) is 0 Å². The number of pyridine rings is 1. The van der Waals surface area contributed by atoms with Crippen molar-refractivity contribution in [2.75, 3.05) is 30.8 Å². The van der Waals surface area contributed by atoms with Gasteiger partial charge in [0.15, 0.2) is 5.69 Å². The zero-order valence-corrected chi connectivity index (χ0v) is 24.9. The number of rotatable bonds is 5. The van der Waals surface area contributed by atoms with Crippen molar-refractivity contribution in [2.45, 2.75) is 66.0 Å². The van der Waals surface area contributed by atoms with E-state index in [0.717, 1.165) is 17.7 Å². The summed E-state index contributed by atoms with van der Waals surface area (Å²) in [6.07, 6.45) is 4.06. The number of urea groups is 1. The predicted molar refractivity (Wildman–Crippen MR) is 156 cm³/mol. The number of aryl methyl sites for hydroxylation is 1. The molecule has 1 aliphatic rings. The van der Waals surface area contributed by atoms with Crippen LogP contribution in [0.15, 0.2) is 36.7 Å². The highest BCUT2D eigenvalue weighted by Crippen LogP contribution is 2.30. The van der Waals surface area contributed by atoms with Crippen LogP contribution in [0.1, 0.15) is 63.3 Å². The quantitative estimate of drug-likeness (QED) is 0.451. The van der Waals surface area contributed by atoms with Crippen LogP contribution in [0, 0.1) is 12.7 Å². The van der Waals surface area contributed by atoms with Gasteiger partial charge in [-0.25, -0.2) is 9.18 Å². The van der Waals surface area contributed by atoms with Crippen LogP contribution in [0.3, 0.4) is 0 Å². The third-order valence-corrected chi connectivity index (χ3v) is 7.40. The average Bonchev–Trinajstić information content (AvgIpc) is 3.33. The lowest BCUT2D eigenvalue weighted by Crippen LogP contribution is -2.63. The first kappa shape index (κ1) is 29.7. The Morgan fingerprint density at radius 2 is 1.83 bits per heavy atom. The van der Waals surface area contributed by atoms with Gasteiger partial charge < -0.3 is 20.4 Å². The second-order valence-electron chi connectivity index (χ2n) is 11.9. The van der Waals surface area contributed by atoms with Gasteiger partial charge in [0.25, 0.3) is 5.91 Å². The highest BCUT2D eigenvalue weighted by Gasteiger charge is 2.44. The van der Waals surface area contributed by atoms with E-state index in [0.29, 0.717) is 24.2 Å². The Labute approximate surface area is 239 Å². The van der Waals surface area contributed by atoms with Gasteiger partial charge in [-0.2, -0.15) is 5.10 Å². The van der Waals surface area contributed by atoms with Gasteiger partial charge in [-0.15, -0.1) is 0 Å². The van der Waals surface area contributed by atoms with Gasteiger partial charge in [-0.05, 0) is 77.3 Å². The number of amides is 4. The number of hydrogen-bond donors (Lipinski definition) is 2. The average molecular weight is 564 g/mol. The molecule has 0 spiro atoms. The molecule has 1 fully saturated rings. The van der Waals surface area contributed by atoms with Gasteiger partial charge in [0.1, 0.15) is 11.4 Å². The fourth-order valence-electron chi connectivity index (χ4n) is 4.79. The van der Waals surface area contributed by atoms with Crippen LogP contribution in [-0.4, -0.2) is 68.1 Å². The largest absolute Gasteiger partial charge is 0.342 e. The zero-order chi connectivity index (χ0) is 30.3. The number of halogens is 1. The molecule has 0 aliphatic carbocycles. The molecule has 3 heterocycles. The molecule has 1 saturated heterocycles. The summed E-state index contributed by atoms with van der Waals surface area (Å²) in [7, 11) is 1.70. The van der Waals surface area contributed by atoms with Gasteiger partial charge >= 0.3 is 6.03 Å². The molecular weight excluding hydrogens is 525 g/mol. The number of carbonyl (C=O) groups is 3. The third kappa shape index (κ3) is 5.94. The number of nitrogens with zero attached hydrogens (tertiary/aromatic N) is 5. The maximum atomic E-state index is 14.9. The van der Waals surface area contributed by atoms with E-state index in [-0.39, 0.29) is 23.0 Å². The van der Waals surface area contributed by atoms with Crippen LogP contribution < -0.4 is 10.6 Å². The lowest BCUT2D eigenvalue weighted by Gasteiger charge is -2.44. The normalized spacial score (nSPS) is 15.2. The van der Waals surface area contributed by atoms with Gasteiger partial charge in [0.2, 0.25) is 5.91 Å². The molecule has 0 bridgehead atoms. The number of benzene rings is 1. The fourth-order valence-corrected chi connectivity index (χ4v) is 4.79. The number of nitrogens with one attached hydrogen (secondary N) is 2. The minimum absolute atomic E-state index is 0.0124. The minimum Gasteiger partial charge on any atom is -0.342 e. The van der Waals surface area contributed by atoms with Crippen molar-refractivity contribution in [1.82, 2.24) is 24.6 Å². The van der Waals surface area contributed by atoms with E-state index in [2.05, 4.69) is 20.7 Å². The maximum Gasteiger partial charge on any atom is 0.323 e. The van der Waals surface area contributed by atoms with Crippen LogP contribution in [-0.2, 0) is 16.8 Å². The Morgan fingerprint density at radius 1 is 1.12 bits per heavy atom. The molecule has 4 amide bonds. The predicted octanol–water partition coefficient (Wildman–Crippen LogP) is 5.05. The van der Waals surface area contributed by atoms with E-state index in [1.165, 1.54) is 11.0 Å². The standard InChI is InChI=1S/C30H38FN7O3/c1-9-20-11-10-19(16-32-20)22-14-21(15-23(31)18(22)2)33-28(41)34-24-17-38(29(3,4)5)35-25(24)26(39)37-13-12-36(8)27(40)30(37,6)7/h10-11,14-17H,9,12-13H2,1-8H3,(H2,33,34,41). The number of likely N-dealkylation sites (N-methyl/N-ethyl adjacent to an activating group) is 1. The summed E-state index contributed by atoms with van der Waals surface area (Å²) in [4.78, 5) is 47.2. The highest BCUT2D eigenvalue weighted by atomic mass is 19.1. The zero-order valence-electron chi connectivity index (χ0n) is 24.9. The smallest absolute Gasteiger partial charge is 0.323 e. The van der Waals surface area contributed by atoms with Crippen LogP contribution in [0.4, 0.5) is 20.6 Å². The Kier molecular flexibility index (Phi) is 7.93. The number of piperazine rings is 1. The number of anilines is 2. The van der Waals surface area contributed by atoms with Crippen molar-refractivity contribution in [3.63, 3.8) is 0 Å². The van der Waals surface area contributed by atoms with Gasteiger partial charge in [0.05, 0.1) is 17.4 Å². The van der Waals surface area contributed by atoms with Crippen LogP contribution in [0.2, 0.25) is 0 Å². The van der Waals surface area contributed by atoms with Crippen molar-refractivity contribution < 1.29 is 18.8 Å². The minimum atomic E-state index is -1.09. The van der Waals surface area contributed by atoms with E-state index in [1.54, 1.807) is 55.9 Å². The second kappa shape index (κ2) is 10.9. The van der Waals surface area contributed by atoms with E-state index in [1.807, 2.05) is 39.8 Å². The highest BCUT2D eigenvalue weighted by molar-refractivity contribution is 6.07. The fraction of sp³-hybridized carbons (Fsp3) is 0.433. The number of hydrogen-bond acceptors (Lipinski definition) is 5.